The Balaban J connectivity index is 2.22. The van der Waals surface area contributed by atoms with E-state index >= 15 is 0 Å². The lowest BCUT2D eigenvalue weighted by molar-refractivity contribution is 0.587. The summed E-state index contributed by atoms with van der Waals surface area (Å²) in [4.78, 5) is 1.66. The van der Waals surface area contributed by atoms with Crippen molar-refractivity contribution in [3.05, 3.63) is 46.8 Å². The molecule has 0 fully saturated rings. The average molecular weight is 292 g/mol. The normalized spacial score (nSPS) is 11.2. The molecule has 0 bridgehead atoms. The number of nitrogens with one attached hydrogen (secondary N) is 1. The van der Waals surface area contributed by atoms with Crippen molar-refractivity contribution in [2.75, 3.05) is 6.26 Å². The molecule has 0 aliphatic rings. The van der Waals surface area contributed by atoms with Crippen LogP contribution in [0.2, 0.25) is 0 Å². The number of hydrogen-bond acceptors (Lipinski definition) is 4. The molecule has 2 rings (SSSR count). The van der Waals surface area contributed by atoms with Gasteiger partial charge in [0.1, 0.15) is 10.9 Å². The van der Waals surface area contributed by atoms with Gasteiger partial charge in [0.05, 0.1) is 6.26 Å². The SMILES string of the molecule is CS(=O)(=O)NCc1cccc(-c2ccc(C#N)s2)c1. The van der Waals surface area contributed by atoms with Gasteiger partial charge in [0, 0.05) is 11.4 Å². The highest BCUT2D eigenvalue weighted by Crippen LogP contribution is 2.28. The fraction of sp³-hybridized carbons (Fsp3) is 0.154. The molecule has 19 heavy (non-hydrogen) atoms. The maximum atomic E-state index is 11.1. The first-order valence-corrected chi connectivity index (χ1v) is 8.22. The summed E-state index contributed by atoms with van der Waals surface area (Å²) >= 11 is 1.42. The molecule has 6 heteroatoms. The summed E-state index contributed by atoms with van der Waals surface area (Å²) in [6, 6.07) is 13.4. The molecule has 0 amide bonds. The Morgan fingerprint density at radius 1 is 1.32 bits per heavy atom. The molecule has 0 radical (unpaired) electrons. The Morgan fingerprint density at radius 3 is 2.74 bits per heavy atom. The third-order valence-corrected chi connectivity index (χ3v) is 4.17. The van der Waals surface area contributed by atoms with Crippen LogP contribution in [0.3, 0.4) is 0 Å². The minimum atomic E-state index is -3.19. The Kier molecular flexibility index (Phi) is 4.00. The van der Waals surface area contributed by atoms with E-state index in [2.05, 4.69) is 10.8 Å². The van der Waals surface area contributed by atoms with Gasteiger partial charge in [-0.1, -0.05) is 18.2 Å². The number of nitriles is 1. The second kappa shape index (κ2) is 5.53. The number of rotatable bonds is 4. The van der Waals surface area contributed by atoms with Crippen molar-refractivity contribution in [3.63, 3.8) is 0 Å². The lowest BCUT2D eigenvalue weighted by atomic mass is 10.1. The van der Waals surface area contributed by atoms with Crippen LogP contribution in [0.1, 0.15) is 10.4 Å². The molecule has 98 valence electrons. The molecule has 1 aromatic heterocycles. The lowest BCUT2D eigenvalue weighted by Crippen LogP contribution is -2.21. The van der Waals surface area contributed by atoms with Gasteiger partial charge >= 0.3 is 0 Å². The summed E-state index contributed by atoms with van der Waals surface area (Å²) in [5.41, 5.74) is 1.87. The predicted molar refractivity (Wildman–Crippen MR) is 76.2 cm³/mol. The summed E-state index contributed by atoms with van der Waals surface area (Å²) in [6.07, 6.45) is 1.13. The van der Waals surface area contributed by atoms with E-state index < -0.39 is 10.0 Å². The van der Waals surface area contributed by atoms with Crippen LogP contribution in [-0.2, 0) is 16.6 Å². The minimum absolute atomic E-state index is 0.267. The molecule has 1 N–H and O–H groups in total. The van der Waals surface area contributed by atoms with Crippen LogP contribution < -0.4 is 4.72 Å². The molecule has 0 atom stereocenters. The Morgan fingerprint density at radius 2 is 2.11 bits per heavy atom. The van der Waals surface area contributed by atoms with E-state index in [1.54, 1.807) is 6.07 Å². The van der Waals surface area contributed by atoms with Gasteiger partial charge in [0.25, 0.3) is 0 Å². The van der Waals surface area contributed by atoms with E-state index in [0.29, 0.717) is 4.88 Å². The monoisotopic (exact) mass is 292 g/mol. The Bertz CT molecular complexity index is 727. The van der Waals surface area contributed by atoms with E-state index in [9.17, 15) is 8.42 Å². The van der Waals surface area contributed by atoms with E-state index in [1.165, 1.54) is 11.3 Å². The Hall–Kier alpha value is -1.68. The summed E-state index contributed by atoms with van der Waals surface area (Å²) in [5, 5.41) is 8.81. The molecule has 0 saturated heterocycles. The zero-order valence-corrected chi connectivity index (χ0v) is 11.9. The van der Waals surface area contributed by atoms with E-state index in [1.807, 2.05) is 30.3 Å². The quantitative estimate of drug-likeness (QED) is 0.940. The molecule has 0 aliphatic carbocycles. The summed E-state index contributed by atoms with van der Waals surface area (Å²) in [5.74, 6) is 0. The van der Waals surface area contributed by atoms with Gasteiger partial charge in [-0.15, -0.1) is 11.3 Å². The predicted octanol–water partition coefficient (Wildman–Crippen LogP) is 2.34. The summed E-state index contributed by atoms with van der Waals surface area (Å²) < 4.78 is 24.6. The topological polar surface area (TPSA) is 70.0 Å². The lowest BCUT2D eigenvalue weighted by Gasteiger charge is -2.04. The minimum Gasteiger partial charge on any atom is -0.213 e. The van der Waals surface area contributed by atoms with Crippen LogP contribution in [0.25, 0.3) is 10.4 Å². The molecule has 2 aromatic rings. The molecule has 0 spiro atoms. The fourth-order valence-corrected chi connectivity index (χ4v) is 2.83. The van der Waals surface area contributed by atoms with E-state index in [0.717, 1.165) is 22.3 Å². The van der Waals surface area contributed by atoms with Crippen LogP contribution in [0, 0.1) is 11.3 Å². The fourth-order valence-electron chi connectivity index (χ4n) is 1.60. The van der Waals surface area contributed by atoms with Crippen LogP contribution >= 0.6 is 11.3 Å². The van der Waals surface area contributed by atoms with Crippen molar-refractivity contribution in [1.29, 1.82) is 5.26 Å². The number of sulfonamides is 1. The molecular weight excluding hydrogens is 280 g/mol. The molecule has 1 aromatic carbocycles. The highest BCUT2D eigenvalue weighted by Gasteiger charge is 2.05. The smallest absolute Gasteiger partial charge is 0.209 e. The van der Waals surface area contributed by atoms with Crippen LogP contribution in [0.15, 0.2) is 36.4 Å². The number of hydrogen-bond donors (Lipinski definition) is 1. The molecule has 0 aliphatic heterocycles. The summed E-state index contributed by atoms with van der Waals surface area (Å²) in [6.45, 7) is 0.267. The highest BCUT2D eigenvalue weighted by molar-refractivity contribution is 7.88. The van der Waals surface area contributed by atoms with Crippen LogP contribution in [-0.4, -0.2) is 14.7 Å². The van der Waals surface area contributed by atoms with Crippen LogP contribution in [0.4, 0.5) is 0 Å². The van der Waals surface area contributed by atoms with Gasteiger partial charge < -0.3 is 0 Å². The van der Waals surface area contributed by atoms with Gasteiger partial charge in [-0.05, 0) is 29.3 Å². The van der Waals surface area contributed by atoms with Crippen molar-refractivity contribution >= 4 is 21.4 Å². The largest absolute Gasteiger partial charge is 0.213 e. The molecule has 0 unspecified atom stereocenters. The first-order valence-electron chi connectivity index (χ1n) is 5.52. The number of nitrogens with zero attached hydrogens (tertiary/aromatic N) is 1. The van der Waals surface area contributed by atoms with Gasteiger partial charge in [-0.2, -0.15) is 5.26 Å². The number of benzene rings is 1. The van der Waals surface area contributed by atoms with Crippen molar-refractivity contribution < 1.29 is 8.42 Å². The maximum Gasteiger partial charge on any atom is 0.209 e. The first-order chi connectivity index (χ1) is 8.98. The van der Waals surface area contributed by atoms with Crippen molar-refractivity contribution in [2.24, 2.45) is 0 Å². The van der Waals surface area contributed by atoms with Gasteiger partial charge in [-0.25, -0.2) is 13.1 Å². The van der Waals surface area contributed by atoms with Crippen molar-refractivity contribution in [2.45, 2.75) is 6.54 Å². The van der Waals surface area contributed by atoms with E-state index in [-0.39, 0.29) is 6.54 Å². The first kappa shape index (κ1) is 13.7. The molecular formula is C13H12N2O2S2. The Labute approximate surface area is 116 Å². The summed E-state index contributed by atoms with van der Waals surface area (Å²) in [7, 11) is -3.19. The van der Waals surface area contributed by atoms with E-state index in [4.69, 9.17) is 5.26 Å². The van der Waals surface area contributed by atoms with Crippen molar-refractivity contribution in [3.8, 4) is 16.5 Å². The standard InChI is InChI=1S/C13H12N2O2S2/c1-19(16,17)15-9-10-3-2-4-11(7-10)13-6-5-12(8-14)18-13/h2-7,15H,9H2,1H3. The third-order valence-electron chi connectivity index (χ3n) is 2.47. The average Bonchev–Trinajstić information content (AvgIpc) is 2.85. The maximum absolute atomic E-state index is 11.1. The zero-order valence-electron chi connectivity index (χ0n) is 10.3. The number of thiophene rings is 1. The highest BCUT2D eigenvalue weighted by atomic mass is 32.2. The van der Waals surface area contributed by atoms with Gasteiger partial charge in [0.2, 0.25) is 10.0 Å². The molecule has 4 nitrogen and oxygen atoms in total. The van der Waals surface area contributed by atoms with Crippen LogP contribution in [0.5, 0.6) is 0 Å². The second-order valence-corrected chi connectivity index (χ2v) is 6.99. The molecule has 1 heterocycles. The second-order valence-electron chi connectivity index (χ2n) is 4.07. The van der Waals surface area contributed by atoms with Gasteiger partial charge in [0.15, 0.2) is 0 Å². The van der Waals surface area contributed by atoms with Gasteiger partial charge in [-0.3, -0.25) is 0 Å². The van der Waals surface area contributed by atoms with Crippen molar-refractivity contribution in [1.82, 2.24) is 4.72 Å². The third kappa shape index (κ3) is 3.89. The zero-order chi connectivity index (χ0) is 13.9. The molecule has 0 saturated carbocycles.